The minimum Gasteiger partial charge on any atom is -0.133 e. The van der Waals surface area contributed by atoms with Crippen molar-refractivity contribution in [2.45, 2.75) is 33.1 Å². The topological polar surface area (TPSA) is 0 Å². The molecule has 2 unspecified atom stereocenters. The van der Waals surface area contributed by atoms with Crippen LogP contribution in [0.2, 0.25) is 0 Å². The van der Waals surface area contributed by atoms with Crippen LogP contribution in [0.15, 0.2) is 18.4 Å². The number of rotatable bonds is 1. The van der Waals surface area contributed by atoms with E-state index in [1.54, 1.807) is 0 Å². The van der Waals surface area contributed by atoms with E-state index in [-0.39, 0.29) is 0 Å². The van der Waals surface area contributed by atoms with Crippen LogP contribution in [0.1, 0.15) is 33.1 Å². The minimum atomic E-state index is 0.737. The Morgan fingerprint density at radius 3 is 2.27 bits per heavy atom. The van der Waals surface area contributed by atoms with Gasteiger partial charge in [0.05, 0.1) is 0 Å². The normalized spacial score (nSPS) is 37.8. The van der Waals surface area contributed by atoms with Gasteiger partial charge in [0, 0.05) is 0 Å². The molecule has 0 heteroatoms. The highest BCUT2D eigenvalue weighted by Crippen LogP contribution is 2.34. The summed E-state index contributed by atoms with van der Waals surface area (Å²) in [7, 11) is 0. The molecule has 0 N–H and O–H groups in total. The fraction of sp³-hybridized carbons (Fsp3) is 0.727. The number of hydrogen-bond donors (Lipinski definition) is 0. The molecule has 0 radical (unpaired) electrons. The predicted octanol–water partition coefficient (Wildman–Crippen LogP) is 3.40. The van der Waals surface area contributed by atoms with Gasteiger partial charge in [0.2, 0.25) is 0 Å². The Labute approximate surface area is 70.0 Å². The molecule has 0 heterocycles. The Morgan fingerprint density at radius 2 is 1.82 bits per heavy atom. The molecule has 0 bridgehead atoms. The summed E-state index contributed by atoms with van der Waals surface area (Å²) in [6, 6.07) is 0. The Hall–Kier alpha value is -0.480. The van der Waals surface area contributed by atoms with Crippen molar-refractivity contribution in [3.05, 3.63) is 18.4 Å². The van der Waals surface area contributed by atoms with Crippen molar-refractivity contribution in [2.75, 3.05) is 0 Å². The largest absolute Gasteiger partial charge is 0.133 e. The quantitative estimate of drug-likeness (QED) is 0.502. The molecule has 1 aliphatic carbocycles. The zero-order valence-corrected chi connectivity index (χ0v) is 7.64. The second kappa shape index (κ2) is 3.78. The van der Waals surface area contributed by atoms with Crippen molar-refractivity contribution in [1.82, 2.24) is 0 Å². The molecule has 1 saturated carbocycles. The molecular formula is C11H18. The third-order valence-corrected chi connectivity index (χ3v) is 2.94. The second-order valence-electron chi connectivity index (χ2n) is 3.83. The van der Waals surface area contributed by atoms with Crippen molar-refractivity contribution in [2.24, 2.45) is 17.8 Å². The van der Waals surface area contributed by atoms with Gasteiger partial charge in [-0.3, -0.25) is 0 Å². The highest BCUT2D eigenvalue weighted by molar-refractivity contribution is 4.92. The van der Waals surface area contributed by atoms with E-state index in [0.717, 1.165) is 17.8 Å². The van der Waals surface area contributed by atoms with Gasteiger partial charge in [0.15, 0.2) is 0 Å². The molecule has 0 aromatic carbocycles. The van der Waals surface area contributed by atoms with Crippen LogP contribution >= 0.6 is 0 Å². The maximum Gasteiger partial charge on any atom is -0.0106 e. The van der Waals surface area contributed by atoms with Crippen molar-refractivity contribution in [3.63, 3.8) is 0 Å². The van der Waals surface area contributed by atoms with Crippen LogP contribution < -0.4 is 0 Å². The van der Waals surface area contributed by atoms with E-state index in [1.165, 1.54) is 19.3 Å². The molecule has 0 amide bonds. The Morgan fingerprint density at radius 1 is 1.27 bits per heavy atom. The smallest absolute Gasteiger partial charge is 0.0106 e. The summed E-state index contributed by atoms with van der Waals surface area (Å²) in [6.07, 6.45) is 6.33. The van der Waals surface area contributed by atoms with Crippen molar-refractivity contribution < 1.29 is 0 Å². The van der Waals surface area contributed by atoms with Gasteiger partial charge in [-0.2, -0.15) is 0 Å². The van der Waals surface area contributed by atoms with Crippen LogP contribution in [-0.4, -0.2) is 0 Å². The van der Waals surface area contributed by atoms with Gasteiger partial charge in [-0.25, -0.2) is 0 Å². The van der Waals surface area contributed by atoms with Crippen LogP contribution in [0.5, 0.6) is 0 Å². The fourth-order valence-electron chi connectivity index (χ4n) is 2.17. The Bertz CT molecular complexity index is 153. The van der Waals surface area contributed by atoms with E-state index in [2.05, 4.69) is 32.2 Å². The zero-order valence-electron chi connectivity index (χ0n) is 7.64. The third-order valence-electron chi connectivity index (χ3n) is 2.94. The summed E-state index contributed by atoms with van der Waals surface area (Å²) in [4.78, 5) is 0. The van der Waals surface area contributed by atoms with Crippen LogP contribution in [-0.2, 0) is 0 Å². The first-order valence-corrected chi connectivity index (χ1v) is 4.61. The maximum atomic E-state index is 3.64. The molecule has 1 rings (SSSR count). The first-order valence-electron chi connectivity index (χ1n) is 4.61. The second-order valence-corrected chi connectivity index (χ2v) is 3.83. The standard InChI is InChI=1S/C11H18/c1-4-6-11-9(2)7-5-8-10(11)3/h6,9-11H,1,5,7-8H2,2-3H3. The van der Waals surface area contributed by atoms with E-state index in [0.29, 0.717) is 0 Å². The van der Waals surface area contributed by atoms with Crippen LogP contribution in [0.4, 0.5) is 0 Å². The third kappa shape index (κ3) is 1.97. The minimum absolute atomic E-state index is 0.737. The van der Waals surface area contributed by atoms with Crippen molar-refractivity contribution in [3.8, 4) is 0 Å². The van der Waals surface area contributed by atoms with Crippen LogP contribution in [0.3, 0.4) is 0 Å². The molecule has 0 spiro atoms. The molecule has 0 aromatic rings. The Kier molecular flexibility index (Phi) is 2.96. The molecule has 0 saturated heterocycles. The van der Waals surface area contributed by atoms with Crippen LogP contribution in [0, 0.1) is 17.8 Å². The van der Waals surface area contributed by atoms with Gasteiger partial charge < -0.3 is 0 Å². The molecule has 1 fully saturated rings. The highest BCUT2D eigenvalue weighted by atomic mass is 14.3. The SMILES string of the molecule is C=C=CC1C(C)CCCC1C. The summed E-state index contributed by atoms with van der Waals surface area (Å²) in [5.41, 5.74) is 2.92. The van der Waals surface area contributed by atoms with Gasteiger partial charge in [0.25, 0.3) is 0 Å². The molecule has 2 atom stereocenters. The van der Waals surface area contributed by atoms with Gasteiger partial charge in [0.1, 0.15) is 0 Å². The zero-order chi connectivity index (χ0) is 8.27. The van der Waals surface area contributed by atoms with E-state index in [9.17, 15) is 0 Å². The Balaban J connectivity index is 2.62. The van der Waals surface area contributed by atoms with Crippen molar-refractivity contribution >= 4 is 0 Å². The summed E-state index contributed by atoms with van der Waals surface area (Å²) in [5, 5.41) is 0. The molecule has 0 nitrogen and oxygen atoms in total. The first kappa shape index (κ1) is 8.62. The predicted molar refractivity (Wildman–Crippen MR) is 49.4 cm³/mol. The highest BCUT2D eigenvalue weighted by Gasteiger charge is 2.24. The average Bonchev–Trinajstić information content (AvgIpc) is 1.97. The summed E-state index contributed by atoms with van der Waals surface area (Å²) in [6.45, 7) is 8.33. The molecule has 1 aliphatic rings. The van der Waals surface area contributed by atoms with Crippen LogP contribution in [0.25, 0.3) is 0 Å². The molecular weight excluding hydrogens is 132 g/mol. The summed E-state index contributed by atoms with van der Waals surface area (Å²) < 4.78 is 0. The summed E-state index contributed by atoms with van der Waals surface area (Å²) >= 11 is 0. The lowest BCUT2D eigenvalue weighted by Crippen LogP contribution is -2.22. The van der Waals surface area contributed by atoms with E-state index < -0.39 is 0 Å². The molecule has 62 valence electrons. The first-order chi connectivity index (χ1) is 5.25. The van der Waals surface area contributed by atoms with E-state index in [4.69, 9.17) is 0 Å². The lowest BCUT2D eigenvalue weighted by Gasteiger charge is -2.31. The monoisotopic (exact) mass is 150 g/mol. The lowest BCUT2D eigenvalue weighted by atomic mass is 9.74. The summed E-state index contributed by atoms with van der Waals surface area (Å²) in [5.74, 6) is 2.42. The van der Waals surface area contributed by atoms with E-state index >= 15 is 0 Å². The maximum absolute atomic E-state index is 3.64. The van der Waals surface area contributed by atoms with Crippen molar-refractivity contribution in [1.29, 1.82) is 0 Å². The molecule has 11 heavy (non-hydrogen) atoms. The number of allylic oxidation sites excluding steroid dienone is 1. The fourth-order valence-corrected chi connectivity index (χ4v) is 2.17. The average molecular weight is 150 g/mol. The van der Waals surface area contributed by atoms with Gasteiger partial charge >= 0.3 is 0 Å². The molecule has 0 aliphatic heterocycles. The number of hydrogen-bond acceptors (Lipinski definition) is 0. The molecule has 0 aromatic heterocycles. The van der Waals surface area contributed by atoms with Gasteiger partial charge in [-0.05, 0) is 23.8 Å². The van der Waals surface area contributed by atoms with Gasteiger partial charge in [-0.1, -0.05) is 39.7 Å². The van der Waals surface area contributed by atoms with E-state index in [1.807, 2.05) is 0 Å². The lowest BCUT2D eigenvalue weighted by molar-refractivity contribution is 0.225. The van der Waals surface area contributed by atoms with Gasteiger partial charge in [-0.15, -0.1) is 5.73 Å².